The minimum Gasteiger partial charge on any atom is -0.492 e. The Balaban J connectivity index is 1.38. The largest absolute Gasteiger partial charge is 0.492 e. The molecule has 1 saturated heterocycles. The Morgan fingerprint density at radius 1 is 1.12 bits per heavy atom. The number of halogens is 2. The first-order valence-corrected chi connectivity index (χ1v) is 16.1. The summed E-state index contributed by atoms with van der Waals surface area (Å²) >= 11 is 0. The third-order valence-electron chi connectivity index (χ3n) is 8.51. The van der Waals surface area contributed by atoms with E-state index in [0.717, 1.165) is 24.5 Å². The van der Waals surface area contributed by atoms with E-state index < -0.39 is 46.3 Å². The molecule has 0 unspecified atom stereocenters. The number of pyridine rings is 1. The van der Waals surface area contributed by atoms with Crippen molar-refractivity contribution in [1.82, 2.24) is 9.88 Å². The summed E-state index contributed by atoms with van der Waals surface area (Å²) in [5.41, 5.74) is -0.418. The molecule has 5 rings (SSSR count). The van der Waals surface area contributed by atoms with Crippen molar-refractivity contribution in [3.8, 4) is 5.75 Å². The number of nitrogens with zero attached hydrogens (tertiary/aromatic N) is 2. The van der Waals surface area contributed by atoms with Gasteiger partial charge in [-0.1, -0.05) is 30.3 Å². The minimum absolute atomic E-state index is 0.0310. The van der Waals surface area contributed by atoms with Gasteiger partial charge in [0.2, 0.25) is 5.43 Å². The van der Waals surface area contributed by atoms with Gasteiger partial charge in [-0.15, -0.1) is 0 Å². The molecule has 1 atom stereocenters. The molecular formula is C36H41F2N3O7. The number of carbonyl (C=O) groups is 3. The van der Waals surface area contributed by atoms with Crippen LogP contribution in [0.15, 0.2) is 58.8 Å². The Morgan fingerprint density at radius 3 is 2.46 bits per heavy atom. The summed E-state index contributed by atoms with van der Waals surface area (Å²) in [7, 11) is 1.36. The molecule has 10 nitrogen and oxygen atoms in total. The number of methoxy groups -OCH3 is 1. The minimum atomic E-state index is -1.40. The number of alkyl carbamates (subject to hydrolysis) is 1. The second-order valence-corrected chi connectivity index (χ2v) is 13.3. The van der Waals surface area contributed by atoms with Gasteiger partial charge in [0.15, 0.2) is 17.3 Å². The van der Waals surface area contributed by atoms with Crippen LogP contribution in [0.25, 0.3) is 10.9 Å². The highest BCUT2D eigenvalue weighted by Gasteiger charge is 2.32. The number of anilines is 1. The van der Waals surface area contributed by atoms with Crippen LogP contribution in [0, 0.1) is 5.82 Å². The smallest absolute Gasteiger partial charge is 0.408 e. The van der Waals surface area contributed by atoms with E-state index in [0.29, 0.717) is 30.5 Å². The molecule has 256 valence electrons. The second-order valence-electron chi connectivity index (χ2n) is 13.3. The average Bonchev–Trinajstić information content (AvgIpc) is 3.88. The molecule has 2 aliphatic rings. The van der Waals surface area contributed by atoms with Gasteiger partial charge in [-0.3, -0.25) is 9.59 Å². The molecule has 0 radical (unpaired) electrons. The zero-order chi connectivity index (χ0) is 34.7. The van der Waals surface area contributed by atoms with Crippen LogP contribution < -0.4 is 20.4 Å². The lowest BCUT2D eigenvalue weighted by Gasteiger charge is -2.33. The fourth-order valence-corrected chi connectivity index (χ4v) is 6.14. The number of amides is 1. The van der Waals surface area contributed by atoms with Crippen LogP contribution in [0.5, 0.6) is 5.75 Å². The van der Waals surface area contributed by atoms with E-state index in [9.17, 15) is 24.3 Å². The average molecular weight is 666 g/mol. The van der Waals surface area contributed by atoms with Gasteiger partial charge in [-0.2, -0.15) is 0 Å². The summed E-state index contributed by atoms with van der Waals surface area (Å²) in [6, 6.07) is 9.24. The zero-order valence-electron chi connectivity index (χ0n) is 27.6. The molecule has 1 aliphatic carbocycles. The number of ether oxygens (including phenoxy) is 2. The fourth-order valence-electron chi connectivity index (χ4n) is 6.14. The molecule has 2 fully saturated rings. The normalized spacial score (nSPS) is 16.8. The van der Waals surface area contributed by atoms with E-state index in [1.165, 1.54) is 13.3 Å². The number of benzene rings is 2. The van der Waals surface area contributed by atoms with E-state index in [2.05, 4.69) is 5.32 Å². The maximum Gasteiger partial charge on any atom is 0.408 e. The van der Waals surface area contributed by atoms with Crippen LogP contribution in [0.3, 0.4) is 0 Å². The fraction of sp³-hybridized carbons (Fsp3) is 0.444. The molecule has 12 heteroatoms. The van der Waals surface area contributed by atoms with E-state index in [-0.39, 0.29) is 54.5 Å². The third-order valence-corrected chi connectivity index (χ3v) is 8.51. The molecule has 48 heavy (non-hydrogen) atoms. The molecule has 1 aromatic heterocycles. The lowest BCUT2D eigenvalue weighted by molar-refractivity contribution is -0.121. The molecular weight excluding hydrogens is 624 g/mol. The summed E-state index contributed by atoms with van der Waals surface area (Å²) in [6.07, 6.45) is 2.85. The number of hydrogen-bond donors (Lipinski definition) is 2. The van der Waals surface area contributed by atoms with Crippen molar-refractivity contribution < 1.29 is 37.7 Å². The Morgan fingerprint density at radius 2 is 1.83 bits per heavy atom. The predicted molar refractivity (Wildman–Crippen MR) is 177 cm³/mol. The molecule has 1 amide bonds. The van der Waals surface area contributed by atoms with Gasteiger partial charge < -0.3 is 29.4 Å². The van der Waals surface area contributed by atoms with Crippen LogP contribution in [0.2, 0.25) is 0 Å². The Labute approximate surface area is 277 Å². The van der Waals surface area contributed by atoms with E-state index in [4.69, 9.17) is 9.47 Å². The maximum absolute atomic E-state index is 15.9. The third kappa shape index (κ3) is 7.86. The number of rotatable bonds is 11. The molecule has 1 aliphatic heterocycles. The van der Waals surface area contributed by atoms with Crippen molar-refractivity contribution in [2.24, 2.45) is 0 Å². The topological polar surface area (TPSA) is 127 Å². The van der Waals surface area contributed by atoms with Crippen molar-refractivity contribution in [1.29, 1.82) is 0 Å². The zero-order valence-corrected chi connectivity index (χ0v) is 27.6. The number of carboxylic acid groups (broad SMARTS) is 1. The van der Waals surface area contributed by atoms with Crippen LogP contribution in [-0.4, -0.2) is 59.4 Å². The first kappa shape index (κ1) is 34.6. The number of aromatic carboxylic acids is 1. The highest BCUT2D eigenvalue weighted by atomic mass is 19.1. The van der Waals surface area contributed by atoms with E-state index >= 15 is 8.78 Å². The quantitative estimate of drug-likeness (QED) is 0.238. The number of carboxylic acids is 1. The van der Waals surface area contributed by atoms with Gasteiger partial charge in [0, 0.05) is 38.2 Å². The van der Waals surface area contributed by atoms with E-state index in [1.807, 2.05) is 30.3 Å². The van der Waals surface area contributed by atoms with Crippen LogP contribution >= 0.6 is 0 Å². The number of carbonyl (C=O) groups excluding carboxylic acids is 2. The van der Waals surface area contributed by atoms with Crippen molar-refractivity contribution in [3.05, 3.63) is 81.2 Å². The molecule has 1 saturated carbocycles. The van der Waals surface area contributed by atoms with Crippen molar-refractivity contribution in [2.75, 3.05) is 25.1 Å². The number of nitrogens with one attached hydrogen (secondary N) is 1. The van der Waals surface area contributed by atoms with Gasteiger partial charge in [0.1, 0.15) is 22.7 Å². The van der Waals surface area contributed by atoms with Gasteiger partial charge in [0.25, 0.3) is 0 Å². The van der Waals surface area contributed by atoms with Crippen molar-refractivity contribution in [2.45, 2.75) is 83.4 Å². The van der Waals surface area contributed by atoms with Crippen LogP contribution in [-0.2, 0) is 16.0 Å². The second kappa shape index (κ2) is 14.2. The number of piperidine rings is 1. The van der Waals surface area contributed by atoms with Gasteiger partial charge >= 0.3 is 12.1 Å². The molecule has 2 heterocycles. The lowest BCUT2D eigenvalue weighted by Crippen LogP contribution is -2.44. The molecule has 3 aromatic rings. The summed E-state index contributed by atoms with van der Waals surface area (Å²) < 4.78 is 44.3. The van der Waals surface area contributed by atoms with Gasteiger partial charge in [-0.05, 0) is 70.1 Å². The number of aromatic nitrogens is 1. The highest BCUT2D eigenvalue weighted by molar-refractivity contribution is 5.97. The standard InChI is InChI=1S/C36H41F2N3O7/c1-36(2,3)48-35(46)39-28(17-21-9-6-5-7-10-21)29(42)15-14-26(37)22-11-8-16-40(19-22)31-27(38)18-24-30(33(31)47-4)41(23-12-13-23)20-25(32(24)43)34(44)45/h5-7,9-10,18,20,23,28H,8,11-17,19H2,1-4H3,(H,39,46)(H,44,45)/b26-22+/t28-/m0/s1. The number of Topliss-reactive ketones (excluding diaryl/α,β-unsaturated/α-hetero) is 1. The predicted octanol–water partition coefficient (Wildman–Crippen LogP) is 6.49. The summed E-state index contributed by atoms with van der Waals surface area (Å²) in [5, 5.41) is 12.2. The molecule has 0 bridgehead atoms. The summed E-state index contributed by atoms with van der Waals surface area (Å²) in [5.74, 6) is -2.93. The van der Waals surface area contributed by atoms with Crippen LogP contribution in [0.4, 0.5) is 19.3 Å². The molecule has 2 N–H and O–H groups in total. The number of fused-ring (bicyclic) bond motifs is 1. The van der Waals surface area contributed by atoms with Crippen LogP contribution in [0.1, 0.15) is 81.3 Å². The first-order chi connectivity index (χ1) is 22.8. The Kier molecular flexibility index (Phi) is 10.2. The number of ketones is 1. The summed E-state index contributed by atoms with van der Waals surface area (Å²) in [4.78, 5) is 52.4. The van der Waals surface area contributed by atoms with Gasteiger partial charge in [-0.25, -0.2) is 18.4 Å². The monoisotopic (exact) mass is 665 g/mol. The first-order valence-electron chi connectivity index (χ1n) is 16.1. The number of hydrogen-bond acceptors (Lipinski definition) is 7. The van der Waals surface area contributed by atoms with Crippen molar-refractivity contribution >= 4 is 34.4 Å². The highest BCUT2D eigenvalue weighted by Crippen LogP contribution is 2.44. The Hall–Kier alpha value is -4.74. The van der Waals surface area contributed by atoms with E-state index in [1.54, 1.807) is 30.2 Å². The van der Waals surface area contributed by atoms with Gasteiger partial charge in [0.05, 0.1) is 24.1 Å². The SMILES string of the molecule is COc1c(N2CCC/C(=C(\F)CCC(=O)[C@H](Cc3ccccc3)NC(=O)OC(C)(C)C)C2)c(F)cc2c(=O)c(C(=O)O)cn(C3CC3)c12. The molecule has 2 aromatic carbocycles. The maximum atomic E-state index is 15.9. The Bertz CT molecular complexity index is 1810. The molecule has 0 spiro atoms. The lowest BCUT2D eigenvalue weighted by atomic mass is 9.97. The number of allylic oxidation sites excluding steroid dienone is 1. The van der Waals surface area contributed by atoms with Crippen molar-refractivity contribution in [3.63, 3.8) is 0 Å². The summed E-state index contributed by atoms with van der Waals surface area (Å²) in [6.45, 7) is 5.57.